The molecule has 4 aromatic rings. The molecular weight excluding hydrogens is 462 g/mol. The van der Waals surface area contributed by atoms with Crippen LogP contribution in [-0.4, -0.2) is 27.0 Å². The van der Waals surface area contributed by atoms with Crippen LogP contribution in [0.4, 0.5) is 5.82 Å². The number of benzene rings is 3. The number of aliphatic hydroxyl groups excluding tert-OH is 1. The Balaban J connectivity index is 1.65. The van der Waals surface area contributed by atoms with E-state index in [1.54, 1.807) is 31.2 Å². The summed E-state index contributed by atoms with van der Waals surface area (Å²) in [5.74, 6) is -1.15. The second kappa shape index (κ2) is 9.82. The zero-order chi connectivity index (χ0) is 26.1. The number of hydrogen-bond acceptors (Lipinski definition) is 5. The van der Waals surface area contributed by atoms with Crippen molar-refractivity contribution in [3.8, 4) is 11.1 Å². The highest BCUT2D eigenvalue weighted by Gasteiger charge is 2.47. The molecule has 1 unspecified atom stereocenters. The van der Waals surface area contributed by atoms with Gasteiger partial charge in [-0.3, -0.25) is 14.5 Å². The highest BCUT2D eigenvalue weighted by Crippen LogP contribution is 2.42. The van der Waals surface area contributed by atoms with Crippen LogP contribution in [0, 0.1) is 6.92 Å². The van der Waals surface area contributed by atoms with Gasteiger partial charge in [0.25, 0.3) is 5.78 Å². The summed E-state index contributed by atoms with van der Waals surface area (Å²) in [6.07, 6.45) is 0. The molecule has 1 aliphatic heterocycles. The molecule has 3 aromatic carbocycles. The smallest absolute Gasteiger partial charge is 0.301 e. The molecule has 0 aliphatic carbocycles. The van der Waals surface area contributed by atoms with Crippen molar-refractivity contribution in [3.63, 3.8) is 0 Å². The fraction of sp³-hybridized carbons (Fsp3) is 0.161. The lowest BCUT2D eigenvalue weighted by atomic mass is 9.93. The van der Waals surface area contributed by atoms with Crippen LogP contribution < -0.4 is 4.90 Å². The third kappa shape index (κ3) is 4.54. The van der Waals surface area contributed by atoms with Gasteiger partial charge in [0.1, 0.15) is 5.76 Å². The van der Waals surface area contributed by atoms with Crippen molar-refractivity contribution in [3.05, 3.63) is 119 Å². The van der Waals surface area contributed by atoms with Crippen molar-refractivity contribution in [2.45, 2.75) is 32.7 Å². The van der Waals surface area contributed by atoms with Crippen LogP contribution in [0.25, 0.3) is 16.9 Å². The topological polar surface area (TPSA) is 83.4 Å². The fourth-order valence-corrected chi connectivity index (χ4v) is 4.57. The van der Waals surface area contributed by atoms with Gasteiger partial charge in [0.15, 0.2) is 5.82 Å². The average Bonchev–Trinajstić information content (AvgIpc) is 3.19. The molecule has 1 saturated heterocycles. The molecule has 1 fully saturated rings. The number of ketones is 1. The zero-order valence-electron chi connectivity index (χ0n) is 20.9. The first-order valence-corrected chi connectivity index (χ1v) is 12.2. The Morgan fingerprint density at radius 2 is 1.46 bits per heavy atom. The summed E-state index contributed by atoms with van der Waals surface area (Å²) in [4.78, 5) is 28.0. The molecule has 1 aromatic heterocycles. The number of amides is 1. The van der Waals surface area contributed by atoms with Gasteiger partial charge < -0.3 is 5.11 Å². The number of nitrogens with zero attached hydrogens (tertiary/aromatic N) is 3. The van der Waals surface area contributed by atoms with Crippen LogP contribution in [-0.2, 0) is 9.59 Å². The first-order valence-electron chi connectivity index (χ1n) is 12.2. The molecule has 0 spiro atoms. The van der Waals surface area contributed by atoms with E-state index in [-0.39, 0.29) is 17.2 Å². The Morgan fingerprint density at radius 3 is 2.05 bits per heavy atom. The summed E-state index contributed by atoms with van der Waals surface area (Å²) < 4.78 is 0. The first kappa shape index (κ1) is 24.1. The van der Waals surface area contributed by atoms with Crippen LogP contribution in [0.15, 0.2) is 96.6 Å². The number of anilines is 1. The quantitative estimate of drug-likeness (QED) is 0.205. The maximum Gasteiger partial charge on any atom is 0.301 e. The van der Waals surface area contributed by atoms with Crippen molar-refractivity contribution < 1.29 is 14.7 Å². The van der Waals surface area contributed by atoms with Gasteiger partial charge in [-0.05, 0) is 47.2 Å². The van der Waals surface area contributed by atoms with E-state index in [1.165, 1.54) is 4.90 Å². The Hall–Kier alpha value is -4.58. The Bertz CT molecular complexity index is 1470. The van der Waals surface area contributed by atoms with E-state index >= 15 is 0 Å². The lowest BCUT2D eigenvalue weighted by Crippen LogP contribution is -2.30. The summed E-state index contributed by atoms with van der Waals surface area (Å²) in [5.41, 5.74) is 5.04. The maximum absolute atomic E-state index is 13.4. The lowest BCUT2D eigenvalue weighted by molar-refractivity contribution is -0.132. The van der Waals surface area contributed by atoms with Gasteiger partial charge in [-0.25, -0.2) is 0 Å². The molecular formula is C31H27N3O3. The molecule has 6 heteroatoms. The van der Waals surface area contributed by atoms with Gasteiger partial charge in [-0.2, -0.15) is 5.10 Å². The lowest BCUT2D eigenvalue weighted by Gasteiger charge is -2.24. The molecule has 2 heterocycles. The van der Waals surface area contributed by atoms with Gasteiger partial charge in [0.2, 0.25) is 0 Å². The molecule has 0 radical (unpaired) electrons. The van der Waals surface area contributed by atoms with E-state index < -0.39 is 17.7 Å². The van der Waals surface area contributed by atoms with Crippen molar-refractivity contribution in [2.75, 3.05) is 4.90 Å². The van der Waals surface area contributed by atoms with Gasteiger partial charge >= 0.3 is 5.91 Å². The number of rotatable bonds is 5. The number of carbonyl (C=O) groups is 2. The molecule has 5 rings (SSSR count). The normalized spacial score (nSPS) is 17.0. The molecule has 1 aliphatic rings. The maximum atomic E-state index is 13.4. The predicted octanol–water partition coefficient (Wildman–Crippen LogP) is 6.20. The van der Waals surface area contributed by atoms with Gasteiger partial charge in [-0.1, -0.05) is 92.7 Å². The molecule has 0 saturated carbocycles. The highest BCUT2D eigenvalue weighted by atomic mass is 16.3. The molecule has 184 valence electrons. The van der Waals surface area contributed by atoms with Crippen molar-refractivity contribution in [1.82, 2.24) is 10.2 Å². The second-order valence-corrected chi connectivity index (χ2v) is 9.47. The summed E-state index contributed by atoms with van der Waals surface area (Å²) in [6, 6.07) is 27.5. The van der Waals surface area contributed by atoms with Gasteiger partial charge in [-0.15, -0.1) is 5.10 Å². The van der Waals surface area contributed by atoms with Crippen LogP contribution in [0.1, 0.15) is 48.2 Å². The molecule has 6 nitrogen and oxygen atoms in total. The Labute approximate surface area is 215 Å². The van der Waals surface area contributed by atoms with E-state index in [1.807, 2.05) is 66.7 Å². The van der Waals surface area contributed by atoms with Crippen LogP contribution >= 0.6 is 0 Å². The number of hydrogen-bond donors (Lipinski definition) is 1. The van der Waals surface area contributed by atoms with Gasteiger partial charge in [0, 0.05) is 5.56 Å². The largest absolute Gasteiger partial charge is 0.507 e. The first-order chi connectivity index (χ1) is 17.8. The van der Waals surface area contributed by atoms with E-state index in [4.69, 9.17) is 0 Å². The molecule has 0 bridgehead atoms. The highest BCUT2D eigenvalue weighted by molar-refractivity contribution is 6.51. The predicted molar refractivity (Wildman–Crippen MR) is 144 cm³/mol. The zero-order valence-corrected chi connectivity index (χ0v) is 20.9. The average molecular weight is 490 g/mol. The summed E-state index contributed by atoms with van der Waals surface area (Å²) in [5, 5.41) is 19.6. The number of aromatic nitrogens is 2. The third-order valence-electron chi connectivity index (χ3n) is 6.66. The number of aryl methyl sites for hydroxylation is 1. The third-order valence-corrected chi connectivity index (χ3v) is 6.66. The van der Waals surface area contributed by atoms with E-state index in [2.05, 4.69) is 24.0 Å². The molecule has 1 N–H and O–H groups in total. The van der Waals surface area contributed by atoms with E-state index in [9.17, 15) is 14.7 Å². The Kier molecular flexibility index (Phi) is 6.40. The second-order valence-electron chi connectivity index (χ2n) is 9.47. The molecule has 1 atom stereocenters. The molecule has 37 heavy (non-hydrogen) atoms. The Morgan fingerprint density at radius 1 is 0.811 bits per heavy atom. The number of Topliss-reactive ketones (excluding diaryl/α,β-unsaturated/α-hetero) is 1. The summed E-state index contributed by atoms with van der Waals surface area (Å²) in [7, 11) is 0. The SMILES string of the molecule is Cc1ccc(N2C(=O)C(=O)C(=C(O)c3ccc(C(C)C)cc3)C2c2ccc(-c3ccccc3)cc2)nn1. The number of carbonyl (C=O) groups excluding carboxylic acids is 2. The van der Waals surface area contributed by atoms with Crippen LogP contribution in [0.2, 0.25) is 0 Å². The van der Waals surface area contributed by atoms with E-state index in [0.717, 1.165) is 16.7 Å². The minimum atomic E-state index is -0.855. The fourth-order valence-electron chi connectivity index (χ4n) is 4.57. The summed E-state index contributed by atoms with van der Waals surface area (Å²) in [6.45, 7) is 5.97. The summed E-state index contributed by atoms with van der Waals surface area (Å²) >= 11 is 0. The van der Waals surface area contributed by atoms with Crippen LogP contribution in [0.5, 0.6) is 0 Å². The van der Waals surface area contributed by atoms with Crippen molar-refractivity contribution in [1.29, 1.82) is 0 Å². The molecule has 1 amide bonds. The minimum Gasteiger partial charge on any atom is -0.507 e. The minimum absolute atomic E-state index is 0.0251. The number of aliphatic hydroxyl groups is 1. The van der Waals surface area contributed by atoms with E-state index in [0.29, 0.717) is 22.7 Å². The van der Waals surface area contributed by atoms with Crippen LogP contribution in [0.3, 0.4) is 0 Å². The monoisotopic (exact) mass is 489 g/mol. The van der Waals surface area contributed by atoms with Gasteiger partial charge in [0.05, 0.1) is 17.3 Å². The standard InChI is InChI=1S/C31H27N3O3/c1-19(2)21-10-16-25(17-11-21)29(35)27-28(24-14-12-23(13-15-24)22-7-5-4-6-8-22)34(31(37)30(27)36)26-18-9-20(3)32-33-26/h4-19,28,35H,1-3H3. The van der Waals surface area contributed by atoms with Crippen molar-refractivity contribution in [2.24, 2.45) is 0 Å². The van der Waals surface area contributed by atoms with Crippen molar-refractivity contribution >= 4 is 23.3 Å².